The number of rotatable bonds is 9. The van der Waals surface area contributed by atoms with Crippen LogP contribution in [0.1, 0.15) is 36.8 Å². The summed E-state index contributed by atoms with van der Waals surface area (Å²) in [6.07, 6.45) is 6.69. The third kappa shape index (κ3) is 5.97. The lowest BCUT2D eigenvalue weighted by Crippen LogP contribution is -2.44. The second-order valence-corrected chi connectivity index (χ2v) is 9.72. The molecule has 33 heavy (non-hydrogen) atoms. The average molecular weight is 483 g/mol. The van der Waals surface area contributed by atoms with Gasteiger partial charge in [0.15, 0.2) is 0 Å². The first-order valence-electron chi connectivity index (χ1n) is 11.0. The number of carbonyl (C=O) groups excluding carboxylic acids is 2. The van der Waals surface area contributed by atoms with Crippen molar-refractivity contribution >= 4 is 35.2 Å². The number of amides is 2. The maximum Gasteiger partial charge on any atom is 0.220 e. The molecule has 6 nitrogen and oxygen atoms in total. The fraction of sp³-hybridized carbons (Fsp3) is 0.320. The zero-order valence-corrected chi connectivity index (χ0v) is 20.1. The van der Waals surface area contributed by atoms with Crippen LogP contribution in [-0.4, -0.2) is 33.8 Å². The van der Waals surface area contributed by atoms with Gasteiger partial charge in [0, 0.05) is 40.4 Å². The molecule has 0 radical (unpaired) electrons. The molecule has 3 aromatic rings. The summed E-state index contributed by atoms with van der Waals surface area (Å²) >= 11 is 7.68. The molecule has 1 fully saturated rings. The minimum absolute atomic E-state index is 0.0449. The van der Waals surface area contributed by atoms with Crippen molar-refractivity contribution in [2.45, 2.75) is 49.1 Å². The fourth-order valence-electron chi connectivity index (χ4n) is 4.26. The largest absolute Gasteiger partial charge is 0.352 e. The van der Waals surface area contributed by atoms with E-state index in [9.17, 15) is 9.59 Å². The monoisotopic (exact) mass is 482 g/mol. The molecule has 1 saturated heterocycles. The summed E-state index contributed by atoms with van der Waals surface area (Å²) in [5.41, 5.74) is 3.52. The normalized spacial score (nSPS) is 17.7. The SMILES string of the molecule is CSc1ccc(C[C@]2(CCC(=O)NCc3cn[nH]c3-c3ccc(Cl)cc3)CCC(=O)N2)cc1. The van der Waals surface area contributed by atoms with Gasteiger partial charge in [-0.25, -0.2) is 0 Å². The van der Waals surface area contributed by atoms with Crippen LogP contribution < -0.4 is 10.6 Å². The Morgan fingerprint density at radius 2 is 1.94 bits per heavy atom. The summed E-state index contributed by atoms with van der Waals surface area (Å²) in [4.78, 5) is 25.9. The highest BCUT2D eigenvalue weighted by Gasteiger charge is 2.37. The molecule has 0 aliphatic carbocycles. The number of aromatic amines is 1. The van der Waals surface area contributed by atoms with Crippen LogP contribution in [-0.2, 0) is 22.6 Å². The van der Waals surface area contributed by atoms with Crippen LogP contribution in [0.25, 0.3) is 11.3 Å². The predicted molar refractivity (Wildman–Crippen MR) is 132 cm³/mol. The van der Waals surface area contributed by atoms with Gasteiger partial charge in [0.2, 0.25) is 11.8 Å². The molecule has 0 spiro atoms. The van der Waals surface area contributed by atoms with Gasteiger partial charge in [-0.05, 0) is 60.9 Å². The molecular formula is C25H27ClN4O2S. The number of carbonyl (C=O) groups is 2. The number of benzene rings is 2. The topological polar surface area (TPSA) is 86.9 Å². The van der Waals surface area contributed by atoms with Crippen molar-refractivity contribution < 1.29 is 9.59 Å². The molecule has 2 aromatic carbocycles. The Balaban J connectivity index is 1.35. The van der Waals surface area contributed by atoms with Gasteiger partial charge < -0.3 is 10.6 Å². The molecule has 0 bridgehead atoms. The van der Waals surface area contributed by atoms with Crippen molar-refractivity contribution in [3.63, 3.8) is 0 Å². The Bertz CT molecular complexity index is 1110. The molecule has 2 amide bonds. The second kappa shape index (κ2) is 10.4. The van der Waals surface area contributed by atoms with E-state index in [4.69, 9.17) is 11.6 Å². The molecular weight excluding hydrogens is 456 g/mol. The van der Waals surface area contributed by atoms with E-state index in [1.807, 2.05) is 30.5 Å². The highest BCUT2D eigenvalue weighted by Crippen LogP contribution is 2.30. The molecule has 1 aromatic heterocycles. The van der Waals surface area contributed by atoms with Crippen LogP contribution in [0.5, 0.6) is 0 Å². The minimum Gasteiger partial charge on any atom is -0.352 e. The van der Waals surface area contributed by atoms with Gasteiger partial charge in [0.05, 0.1) is 11.9 Å². The summed E-state index contributed by atoms with van der Waals surface area (Å²) in [6, 6.07) is 15.9. The molecule has 4 rings (SSSR count). The summed E-state index contributed by atoms with van der Waals surface area (Å²) in [5.74, 6) is 0.0126. The van der Waals surface area contributed by atoms with Crippen LogP contribution >= 0.6 is 23.4 Å². The summed E-state index contributed by atoms with van der Waals surface area (Å²) in [7, 11) is 0. The summed E-state index contributed by atoms with van der Waals surface area (Å²) in [6.45, 7) is 0.378. The smallest absolute Gasteiger partial charge is 0.220 e. The highest BCUT2D eigenvalue weighted by molar-refractivity contribution is 7.98. The number of hydrogen-bond acceptors (Lipinski definition) is 4. The molecule has 0 unspecified atom stereocenters. The second-order valence-electron chi connectivity index (χ2n) is 8.41. The van der Waals surface area contributed by atoms with Gasteiger partial charge in [-0.15, -0.1) is 11.8 Å². The van der Waals surface area contributed by atoms with Gasteiger partial charge in [-0.3, -0.25) is 14.7 Å². The van der Waals surface area contributed by atoms with Crippen molar-refractivity contribution in [1.29, 1.82) is 0 Å². The van der Waals surface area contributed by atoms with Crippen molar-refractivity contribution in [1.82, 2.24) is 20.8 Å². The first kappa shape index (κ1) is 23.4. The van der Waals surface area contributed by atoms with E-state index in [2.05, 4.69) is 45.1 Å². The van der Waals surface area contributed by atoms with E-state index >= 15 is 0 Å². The van der Waals surface area contributed by atoms with E-state index in [-0.39, 0.29) is 17.4 Å². The number of halogens is 1. The maximum atomic E-state index is 12.7. The Kier molecular flexibility index (Phi) is 7.40. The predicted octanol–water partition coefficient (Wildman–Crippen LogP) is 4.74. The van der Waals surface area contributed by atoms with Gasteiger partial charge in [0.25, 0.3) is 0 Å². The van der Waals surface area contributed by atoms with E-state index in [1.54, 1.807) is 18.0 Å². The molecule has 1 aliphatic heterocycles. The Labute approximate surface area is 202 Å². The van der Waals surface area contributed by atoms with E-state index in [0.29, 0.717) is 30.8 Å². The molecule has 172 valence electrons. The Hall–Kier alpha value is -2.77. The van der Waals surface area contributed by atoms with E-state index in [0.717, 1.165) is 29.7 Å². The van der Waals surface area contributed by atoms with Crippen LogP contribution in [0.4, 0.5) is 0 Å². The van der Waals surface area contributed by atoms with Crippen molar-refractivity contribution in [3.8, 4) is 11.3 Å². The lowest BCUT2D eigenvalue weighted by molar-refractivity contribution is -0.122. The summed E-state index contributed by atoms with van der Waals surface area (Å²) in [5, 5.41) is 13.9. The van der Waals surface area contributed by atoms with Crippen molar-refractivity contribution in [2.75, 3.05) is 6.26 Å². The third-order valence-electron chi connectivity index (χ3n) is 6.09. The van der Waals surface area contributed by atoms with Gasteiger partial charge >= 0.3 is 0 Å². The van der Waals surface area contributed by atoms with Crippen LogP contribution in [0.15, 0.2) is 59.6 Å². The maximum absolute atomic E-state index is 12.7. The quantitative estimate of drug-likeness (QED) is 0.384. The van der Waals surface area contributed by atoms with Gasteiger partial charge in [-0.1, -0.05) is 35.9 Å². The van der Waals surface area contributed by atoms with E-state index in [1.165, 1.54) is 10.5 Å². The molecule has 0 saturated carbocycles. The average Bonchev–Trinajstić information content (AvgIpc) is 3.44. The van der Waals surface area contributed by atoms with E-state index < -0.39 is 0 Å². The number of hydrogen-bond donors (Lipinski definition) is 3. The Morgan fingerprint density at radius 1 is 1.18 bits per heavy atom. The number of aromatic nitrogens is 2. The molecule has 1 atom stereocenters. The standard InChI is InChI=1S/C25H27ClN4O2S/c1-33-21-8-2-17(3-9-21)14-25(13-11-23(32)29-25)12-10-22(31)27-15-19-16-28-30-24(19)18-4-6-20(26)7-5-18/h2-9,16H,10-15H2,1H3,(H,27,31)(H,28,30)(H,29,32)/t25-/m0/s1. The minimum atomic E-state index is -0.376. The molecule has 1 aliphatic rings. The van der Waals surface area contributed by atoms with Crippen LogP contribution in [0.3, 0.4) is 0 Å². The van der Waals surface area contributed by atoms with Crippen LogP contribution in [0, 0.1) is 0 Å². The number of nitrogens with zero attached hydrogens (tertiary/aromatic N) is 1. The molecule has 2 heterocycles. The van der Waals surface area contributed by atoms with Gasteiger partial charge in [0.1, 0.15) is 0 Å². The molecule has 3 N–H and O–H groups in total. The zero-order chi connectivity index (χ0) is 23.3. The Morgan fingerprint density at radius 3 is 2.61 bits per heavy atom. The van der Waals surface area contributed by atoms with Crippen LogP contribution in [0.2, 0.25) is 5.02 Å². The number of nitrogens with one attached hydrogen (secondary N) is 3. The number of H-pyrrole nitrogens is 1. The highest BCUT2D eigenvalue weighted by atomic mass is 35.5. The summed E-state index contributed by atoms with van der Waals surface area (Å²) < 4.78 is 0. The van der Waals surface area contributed by atoms with Crippen molar-refractivity contribution in [2.24, 2.45) is 0 Å². The first-order valence-corrected chi connectivity index (χ1v) is 12.6. The zero-order valence-electron chi connectivity index (χ0n) is 18.5. The first-order chi connectivity index (χ1) is 16.0. The third-order valence-corrected chi connectivity index (χ3v) is 7.09. The van der Waals surface area contributed by atoms with Crippen molar-refractivity contribution in [3.05, 3.63) is 70.9 Å². The lowest BCUT2D eigenvalue weighted by Gasteiger charge is -2.29. The number of thioether (sulfide) groups is 1. The lowest BCUT2D eigenvalue weighted by atomic mass is 9.85. The molecule has 8 heteroatoms. The fourth-order valence-corrected chi connectivity index (χ4v) is 4.80. The van der Waals surface area contributed by atoms with Gasteiger partial charge in [-0.2, -0.15) is 5.10 Å².